The van der Waals surface area contributed by atoms with Crippen molar-refractivity contribution in [3.05, 3.63) is 0 Å². The first-order chi connectivity index (χ1) is 8.21. The molecular weight excluding hydrogens is 248 g/mol. The third kappa shape index (κ3) is 5.57. The van der Waals surface area contributed by atoms with Gasteiger partial charge in [-0.1, -0.05) is 26.7 Å². The van der Waals surface area contributed by atoms with Gasteiger partial charge in [0.25, 0.3) is 0 Å². The first kappa shape index (κ1) is 17.7. The SMILES string of the molecule is CCC(CC)CC(=O)N1CCC(CNC)CC1.Cl. The van der Waals surface area contributed by atoms with E-state index in [2.05, 4.69) is 24.1 Å². The maximum atomic E-state index is 12.1. The number of carbonyl (C=O) groups excluding carboxylic acids is 1. The minimum absolute atomic E-state index is 0. The number of likely N-dealkylation sites (tertiary alicyclic amines) is 1. The summed E-state index contributed by atoms with van der Waals surface area (Å²) in [6, 6.07) is 0. The van der Waals surface area contributed by atoms with Gasteiger partial charge in [0.05, 0.1) is 0 Å². The van der Waals surface area contributed by atoms with Crippen molar-refractivity contribution >= 4 is 18.3 Å². The molecule has 0 atom stereocenters. The molecular formula is C14H29ClN2O. The molecule has 1 aliphatic rings. The fourth-order valence-corrected chi connectivity index (χ4v) is 2.63. The third-order valence-electron chi connectivity index (χ3n) is 4.08. The van der Waals surface area contributed by atoms with Gasteiger partial charge in [0.2, 0.25) is 5.91 Å². The van der Waals surface area contributed by atoms with Gasteiger partial charge in [0, 0.05) is 19.5 Å². The largest absolute Gasteiger partial charge is 0.343 e. The van der Waals surface area contributed by atoms with Crippen molar-refractivity contribution in [3.8, 4) is 0 Å². The van der Waals surface area contributed by atoms with Crippen molar-refractivity contribution in [2.45, 2.75) is 46.0 Å². The number of piperidine rings is 1. The highest BCUT2D eigenvalue weighted by Gasteiger charge is 2.23. The summed E-state index contributed by atoms with van der Waals surface area (Å²) in [7, 11) is 2.00. The number of hydrogen-bond acceptors (Lipinski definition) is 2. The van der Waals surface area contributed by atoms with E-state index in [1.54, 1.807) is 0 Å². The zero-order valence-electron chi connectivity index (χ0n) is 12.1. The lowest BCUT2D eigenvalue weighted by molar-refractivity contribution is -0.133. The van der Waals surface area contributed by atoms with Gasteiger partial charge in [-0.2, -0.15) is 0 Å². The molecule has 0 aromatic heterocycles. The number of nitrogens with zero attached hydrogens (tertiary/aromatic N) is 1. The van der Waals surface area contributed by atoms with Gasteiger partial charge in [0.15, 0.2) is 0 Å². The molecule has 4 heteroatoms. The summed E-state index contributed by atoms with van der Waals surface area (Å²) in [6.45, 7) is 7.38. The topological polar surface area (TPSA) is 32.3 Å². The van der Waals surface area contributed by atoms with Gasteiger partial charge in [0.1, 0.15) is 0 Å². The Morgan fingerprint density at radius 2 is 1.83 bits per heavy atom. The van der Waals surface area contributed by atoms with Crippen LogP contribution in [0.1, 0.15) is 46.0 Å². The minimum Gasteiger partial charge on any atom is -0.343 e. The Labute approximate surface area is 118 Å². The van der Waals surface area contributed by atoms with Crippen LogP contribution in [0, 0.1) is 11.8 Å². The van der Waals surface area contributed by atoms with Crippen molar-refractivity contribution in [2.75, 3.05) is 26.7 Å². The molecule has 3 nitrogen and oxygen atoms in total. The van der Waals surface area contributed by atoms with Crippen LogP contribution in [0.15, 0.2) is 0 Å². The van der Waals surface area contributed by atoms with Gasteiger partial charge in [-0.3, -0.25) is 4.79 Å². The van der Waals surface area contributed by atoms with Crippen LogP contribution in [0.4, 0.5) is 0 Å². The van der Waals surface area contributed by atoms with Crippen molar-refractivity contribution in [1.82, 2.24) is 10.2 Å². The first-order valence-electron chi connectivity index (χ1n) is 7.13. The van der Waals surface area contributed by atoms with E-state index < -0.39 is 0 Å². The van der Waals surface area contributed by atoms with Crippen LogP contribution < -0.4 is 5.32 Å². The normalized spacial score (nSPS) is 16.8. The molecule has 0 bridgehead atoms. The number of rotatable bonds is 6. The van der Waals surface area contributed by atoms with E-state index in [1.807, 2.05) is 7.05 Å². The summed E-state index contributed by atoms with van der Waals surface area (Å²) < 4.78 is 0. The highest BCUT2D eigenvalue weighted by molar-refractivity contribution is 5.85. The summed E-state index contributed by atoms with van der Waals surface area (Å²) in [5.41, 5.74) is 0. The molecule has 1 fully saturated rings. The van der Waals surface area contributed by atoms with E-state index in [9.17, 15) is 4.79 Å². The number of halogens is 1. The molecule has 0 aliphatic carbocycles. The summed E-state index contributed by atoms with van der Waals surface area (Å²) in [4.78, 5) is 14.2. The maximum absolute atomic E-state index is 12.1. The summed E-state index contributed by atoms with van der Waals surface area (Å²) >= 11 is 0. The van der Waals surface area contributed by atoms with Gasteiger partial charge in [-0.15, -0.1) is 12.4 Å². The van der Waals surface area contributed by atoms with Crippen molar-refractivity contribution in [3.63, 3.8) is 0 Å². The molecule has 1 rings (SSSR count). The van der Waals surface area contributed by atoms with Gasteiger partial charge >= 0.3 is 0 Å². The lowest BCUT2D eigenvalue weighted by Crippen LogP contribution is -2.41. The third-order valence-corrected chi connectivity index (χ3v) is 4.08. The Kier molecular flexibility index (Phi) is 9.47. The number of hydrogen-bond donors (Lipinski definition) is 1. The molecule has 0 aromatic carbocycles. The Hall–Kier alpha value is -0.280. The standard InChI is InChI=1S/C14H28N2O.ClH/c1-4-12(5-2)10-14(17)16-8-6-13(7-9-16)11-15-3;/h12-13,15H,4-11H2,1-3H3;1H. The van der Waals surface area contributed by atoms with Crippen LogP contribution in [0.3, 0.4) is 0 Å². The molecule has 1 heterocycles. The molecule has 0 unspecified atom stereocenters. The fourth-order valence-electron chi connectivity index (χ4n) is 2.63. The van der Waals surface area contributed by atoms with Crippen LogP contribution in [0.2, 0.25) is 0 Å². The molecule has 0 saturated carbocycles. The molecule has 1 aliphatic heterocycles. The predicted molar refractivity (Wildman–Crippen MR) is 79.2 cm³/mol. The zero-order valence-corrected chi connectivity index (χ0v) is 12.9. The van der Waals surface area contributed by atoms with Crippen molar-refractivity contribution < 1.29 is 4.79 Å². The quantitative estimate of drug-likeness (QED) is 0.809. The second kappa shape index (κ2) is 9.62. The Balaban J connectivity index is 0.00000289. The molecule has 0 spiro atoms. The summed E-state index contributed by atoms with van der Waals surface area (Å²) in [5, 5.41) is 3.23. The zero-order chi connectivity index (χ0) is 12.7. The first-order valence-corrected chi connectivity index (χ1v) is 7.13. The highest BCUT2D eigenvalue weighted by Crippen LogP contribution is 2.20. The van der Waals surface area contributed by atoms with Crippen LogP contribution in [0.25, 0.3) is 0 Å². The van der Waals surface area contributed by atoms with Crippen LogP contribution >= 0.6 is 12.4 Å². The lowest BCUT2D eigenvalue weighted by Gasteiger charge is -2.32. The van der Waals surface area contributed by atoms with E-state index in [1.165, 1.54) is 0 Å². The average molecular weight is 277 g/mol. The van der Waals surface area contributed by atoms with E-state index in [0.29, 0.717) is 11.8 Å². The predicted octanol–water partition coefficient (Wildman–Crippen LogP) is 2.69. The summed E-state index contributed by atoms with van der Waals surface area (Å²) in [6.07, 6.45) is 5.33. The van der Waals surface area contributed by atoms with Crippen molar-refractivity contribution in [2.24, 2.45) is 11.8 Å². The van der Waals surface area contributed by atoms with Crippen LogP contribution in [-0.2, 0) is 4.79 Å². The van der Waals surface area contributed by atoms with E-state index >= 15 is 0 Å². The second-order valence-electron chi connectivity index (χ2n) is 5.27. The second-order valence-corrected chi connectivity index (χ2v) is 5.27. The number of carbonyl (C=O) groups is 1. The smallest absolute Gasteiger partial charge is 0.222 e. The summed E-state index contributed by atoms with van der Waals surface area (Å²) in [5.74, 6) is 1.72. The van der Waals surface area contributed by atoms with Gasteiger partial charge in [-0.05, 0) is 38.3 Å². The molecule has 0 radical (unpaired) electrons. The number of amides is 1. The molecule has 1 N–H and O–H groups in total. The van der Waals surface area contributed by atoms with E-state index in [0.717, 1.165) is 57.7 Å². The fraction of sp³-hybridized carbons (Fsp3) is 0.929. The average Bonchev–Trinajstić information content (AvgIpc) is 2.37. The molecule has 18 heavy (non-hydrogen) atoms. The number of nitrogens with one attached hydrogen (secondary N) is 1. The van der Waals surface area contributed by atoms with Crippen molar-refractivity contribution in [1.29, 1.82) is 0 Å². The highest BCUT2D eigenvalue weighted by atomic mass is 35.5. The maximum Gasteiger partial charge on any atom is 0.222 e. The van der Waals surface area contributed by atoms with E-state index in [-0.39, 0.29) is 12.4 Å². The van der Waals surface area contributed by atoms with Gasteiger partial charge in [-0.25, -0.2) is 0 Å². The Bertz CT molecular complexity index is 224. The van der Waals surface area contributed by atoms with Gasteiger partial charge < -0.3 is 10.2 Å². The molecule has 1 saturated heterocycles. The monoisotopic (exact) mass is 276 g/mol. The molecule has 0 aromatic rings. The van der Waals surface area contributed by atoms with Crippen LogP contribution in [-0.4, -0.2) is 37.5 Å². The molecule has 108 valence electrons. The minimum atomic E-state index is 0. The molecule has 1 amide bonds. The van der Waals surface area contributed by atoms with E-state index in [4.69, 9.17) is 0 Å². The Morgan fingerprint density at radius 3 is 2.28 bits per heavy atom. The van der Waals surface area contributed by atoms with Crippen LogP contribution in [0.5, 0.6) is 0 Å². The lowest BCUT2D eigenvalue weighted by atomic mass is 9.94. The Morgan fingerprint density at radius 1 is 1.28 bits per heavy atom.